The van der Waals surface area contributed by atoms with E-state index >= 15 is 0 Å². The number of pyridine rings is 1. The van der Waals surface area contributed by atoms with Crippen molar-refractivity contribution in [2.24, 2.45) is 0 Å². The molecule has 16 heavy (non-hydrogen) atoms. The molecule has 2 heterocycles. The van der Waals surface area contributed by atoms with Crippen LogP contribution >= 0.6 is 15.9 Å². The minimum Gasteiger partial charge on any atom is -0.490 e. The van der Waals surface area contributed by atoms with Crippen molar-refractivity contribution in [3.8, 4) is 5.75 Å². The van der Waals surface area contributed by atoms with Crippen molar-refractivity contribution >= 4 is 15.9 Å². The highest BCUT2D eigenvalue weighted by atomic mass is 79.9. The Balaban J connectivity index is 1.91. The Labute approximate surface area is 103 Å². The van der Waals surface area contributed by atoms with Gasteiger partial charge in [-0.15, -0.1) is 0 Å². The smallest absolute Gasteiger partial charge is 0.227 e. The molecule has 1 fully saturated rings. The van der Waals surface area contributed by atoms with E-state index in [9.17, 15) is 4.39 Å². The third-order valence-electron chi connectivity index (χ3n) is 2.89. The van der Waals surface area contributed by atoms with Gasteiger partial charge in [-0.1, -0.05) is 0 Å². The average Bonchev–Trinajstić information content (AvgIpc) is 2.66. The zero-order valence-corrected chi connectivity index (χ0v) is 10.7. The molecule has 1 aliphatic heterocycles. The summed E-state index contributed by atoms with van der Waals surface area (Å²) in [6.45, 7) is 1.76. The van der Waals surface area contributed by atoms with Gasteiger partial charge in [0, 0.05) is 12.1 Å². The number of halogens is 2. The Morgan fingerprint density at radius 2 is 2.50 bits per heavy atom. The van der Waals surface area contributed by atoms with Crippen LogP contribution in [0.5, 0.6) is 5.75 Å². The Kier molecular flexibility index (Phi) is 3.76. The third-order valence-corrected chi connectivity index (χ3v) is 3.44. The van der Waals surface area contributed by atoms with Crippen LogP contribution in [0.3, 0.4) is 0 Å². The summed E-state index contributed by atoms with van der Waals surface area (Å²) in [5.41, 5.74) is 0. The fraction of sp³-hybridized carbons (Fsp3) is 0.545. The van der Waals surface area contributed by atoms with Crippen LogP contribution in [0.25, 0.3) is 0 Å². The van der Waals surface area contributed by atoms with Gasteiger partial charge in [0.2, 0.25) is 5.95 Å². The van der Waals surface area contributed by atoms with Gasteiger partial charge in [0.25, 0.3) is 0 Å². The van der Waals surface area contributed by atoms with Gasteiger partial charge in [0.05, 0.1) is 10.7 Å². The fourth-order valence-electron chi connectivity index (χ4n) is 1.86. The molecule has 3 nitrogen and oxygen atoms in total. The predicted molar refractivity (Wildman–Crippen MR) is 63.0 cm³/mol. The molecular formula is C11H14BrFN2O. The summed E-state index contributed by atoms with van der Waals surface area (Å²) < 4.78 is 18.8. The van der Waals surface area contributed by atoms with E-state index in [1.54, 1.807) is 6.07 Å². The lowest BCUT2D eigenvalue weighted by atomic mass is 10.2. The van der Waals surface area contributed by atoms with E-state index in [2.05, 4.69) is 32.9 Å². The highest BCUT2D eigenvalue weighted by Crippen LogP contribution is 2.21. The first-order valence-electron chi connectivity index (χ1n) is 5.31. The van der Waals surface area contributed by atoms with Gasteiger partial charge < -0.3 is 9.64 Å². The summed E-state index contributed by atoms with van der Waals surface area (Å²) in [5.74, 6) is 0.0962. The molecule has 0 spiro atoms. The van der Waals surface area contributed by atoms with Gasteiger partial charge in [-0.2, -0.15) is 4.39 Å². The van der Waals surface area contributed by atoms with Gasteiger partial charge in [0.1, 0.15) is 12.4 Å². The lowest BCUT2D eigenvalue weighted by Gasteiger charge is -2.19. The lowest BCUT2D eigenvalue weighted by Crippen LogP contribution is -2.30. The second-order valence-electron chi connectivity index (χ2n) is 4.03. The van der Waals surface area contributed by atoms with Crippen molar-refractivity contribution in [1.29, 1.82) is 0 Å². The van der Waals surface area contributed by atoms with E-state index < -0.39 is 5.95 Å². The van der Waals surface area contributed by atoms with E-state index in [1.165, 1.54) is 12.6 Å². The van der Waals surface area contributed by atoms with Crippen LogP contribution in [0.2, 0.25) is 0 Å². The number of nitrogens with zero attached hydrogens (tertiary/aromatic N) is 2. The van der Waals surface area contributed by atoms with Crippen molar-refractivity contribution in [2.45, 2.75) is 18.9 Å². The number of hydrogen-bond acceptors (Lipinski definition) is 3. The van der Waals surface area contributed by atoms with Gasteiger partial charge >= 0.3 is 0 Å². The maximum atomic E-state index is 12.9. The van der Waals surface area contributed by atoms with Crippen molar-refractivity contribution in [1.82, 2.24) is 9.88 Å². The molecule has 0 unspecified atom stereocenters. The van der Waals surface area contributed by atoms with Crippen LogP contribution in [0.1, 0.15) is 12.8 Å². The maximum Gasteiger partial charge on any atom is 0.227 e. The van der Waals surface area contributed by atoms with E-state index in [0.29, 0.717) is 22.9 Å². The van der Waals surface area contributed by atoms with Gasteiger partial charge in [0.15, 0.2) is 0 Å². The largest absolute Gasteiger partial charge is 0.490 e. The fourth-order valence-corrected chi connectivity index (χ4v) is 2.19. The molecule has 5 heteroatoms. The van der Waals surface area contributed by atoms with Gasteiger partial charge in [-0.05, 0) is 42.4 Å². The second kappa shape index (κ2) is 5.10. The van der Waals surface area contributed by atoms with Gasteiger partial charge in [-0.3, -0.25) is 0 Å². The molecule has 2 rings (SSSR count). The monoisotopic (exact) mass is 288 g/mol. The highest BCUT2D eigenvalue weighted by molar-refractivity contribution is 9.10. The van der Waals surface area contributed by atoms with Crippen molar-refractivity contribution < 1.29 is 9.13 Å². The quantitative estimate of drug-likeness (QED) is 0.799. The number of likely N-dealkylation sites (tertiary alicyclic amines) is 1. The topological polar surface area (TPSA) is 25.4 Å². The van der Waals surface area contributed by atoms with Crippen LogP contribution in [0.4, 0.5) is 4.39 Å². The molecule has 0 aromatic carbocycles. The predicted octanol–water partition coefficient (Wildman–Crippen LogP) is 2.46. The molecular weight excluding hydrogens is 275 g/mol. The Morgan fingerprint density at radius 1 is 1.69 bits per heavy atom. The highest BCUT2D eigenvalue weighted by Gasteiger charge is 2.21. The van der Waals surface area contributed by atoms with Crippen LogP contribution in [-0.2, 0) is 0 Å². The number of aromatic nitrogens is 1. The number of ether oxygens (including phenoxy) is 1. The Hall–Kier alpha value is -0.680. The normalized spacial score (nSPS) is 21.3. The first-order valence-corrected chi connectivity index (χ1v) is 6.10. The minimum atomic E-state index is -0.509. The molecule has 1 aromatic heterocycles. The molecule has 0 saturated carbocycles. The van der Waals surface area contributed by atoms with Crippen molar-refractivity contribution in [3.05, 3.63) is 22.7 Å². The summed E-state index contributed by atoms with van der Waals surface area (Å²) in [6, 6.07) is 2.07. The summed E-state index contributed by atoms with van der Waals surface area (Å²) in [4.78, 5) is 5.87. The van der Waals surface area contributed by atoms with Gasteiger partial charge in [-0.25, -0.2) is 4.98 Å². The van der Waals surface area contributed by atoms with Crippen molar-refractivity contribution in [3.63, 3.8) is 0 Å². The number of likely N-dealkylation sites (N-methyl/N-ethyl adjacent to an activating group) is 1. The Bertz CT molecular complexity index is 375. The number of hydrogen-bond donors (Lipinski definition) is 0. The summed E-state index contributed by atoms with van der Waals surface area (Å²) >= 11 is 3.08. The van der Waals surface area contributed by atoms with E-state index in [-0.39, 0.29) is 0 Å². The molecule has 0 bridgehead atoms. The zero-order valence-electron chi connectivity index (χ0n) is 9.12. The molecule has 88 valence electrons. The second-order valence-corrected chi connectivity index (χ2v) is 4.89. The molecule has 0 radical (unpaired) electrons. The first kappa shape index (κ1) is 11.8. The molecule has 1 aliphatic rings. The summed E-state index contributed by atoms with van der Waals surface area (Å²) in [5, 5.41) is 0. The Morgan fingerprint density at radius 3 is 3.12 bits per heavy atom. The molecule has 0 aliphatic carbocycles. The van der Waals surface area contributed by atoms with E-state index in [0.717, 1.165) is 13.0 Å². The minimum absolute atomic E-state index is 0.338. The van der Waals surface area contributed by atoms with Crippen LogP contribution < -0.4 is 4.74 Å². The van der Waals surface area contributed by atoms with Crippen LogP contribution in [0.15, 0.2) is 16.7 Å². The standard InChI is InChI=1S/C11H14BrFN2O/c1-15-4-2-3-8(15)7-16-9-5-10(12)11(13)14-6-9/h5-6,8H,2-4,7H2,1H3/t8-/m0/s1. The maximum absolute atomic E-state index is 12.9. The molecule has 1 saturated heterocycles. The molecule has 0 amide bonds. The third kappa shape index (κ3) is 2.71. The SMILES string of the molecule is CN1CCC[C@H]1COc1cnc(F)c(Br)c1. The zero-order chi connectivity index (χ0) is 11.5. The van der Waals surface area contributed by atoms with E-state index in [4.69, 9.17) is 4.74 Å². The van der Waals surface area contributed by atoms with E-state index in [1.807, 2.05) is 0 Å². The summed E-state index contributed by atoms with van der Waals surface area (Å²) in [7, 11) is 2.10. The summed E-state index contributed by atoms with van der Waals surface area (Å²) in [6.07, 6.45) is 3.79. The average molecular weight is 289 g/mol. The molecule has 1 aromatic rings. The molecule has 0 N–H and O–H groups in total. The number of rotatable bonds is 3. The van der Waals surface area contributed by atoms with Crippen molar-refractivity contribution in [2.75, 3.05) is 20.2 Å². The first-order chi connectivity index (χ1) is 7.66. The molecule has 1 atom stereocenters. The van der Waals surface area contributed by atoms with Crippen LogP contribution in [-0.4, -0.2) is 36.1 Å². The van der Waals surface area contributed by atoms with Crippen LogP contribution in [0, 0.1) is 5.95 Å². The lowest BCUT2D eigenvalue weighted by molar-refractivity contribution is 0.197.